The number of phenols is 1. The van der Waals surface area contributed by atoms with Gasteiger partial charge in [0.2, 0.25) is 0 Å². The van der Waals surface area contributed by atoms with Gasteiger partial charge in [0.15, 0.2) is 0 Å². The van der Waals surface area contributed by atoms with Crippen LogP contribution in [-0.2, 0) is 12.8 Å². The Morgan fingerprint density at radius 3 is 2.94 bits per heavy atom. The number of hydrogen-bond acceptors (Lipinski definition) is 1. The largest absolute Gasteiger partial charge is 0.508 e. The lowest BCUT2D eigenvalue weighted by Gasteiger charge is -2.24. The first kappa shape index (κ1) is 11.5. The highest BCUT2D eigenvalue weighted by molar-refractivity contribution is 5.36. The molecule has 1 aliphatic carbocycles. The van der Waals surface area contributed by atoms with E-state index >= 15 is 0 Å². The van der Waals surface area contributed by atoms with Gasteiger partial charge in [-0.15, -0.1) is 0 Å². The van der Waals surface area contributed by atoms with E-state index in [2.05, 4.69) is 13.0 Å². The summed E-state index contributed by atoms with van der Waals surface area (Å²) in [5.41, 5.74) is 2.83. The van der Waals surface area contributed by atoms with Gasteiger partial charge < -0.3 is 5.11 Å². The van der Waals surface area contributed by atoms with E-state index in [9.17, 15) is 5.11 Å². The molecule has 0 radical (unpaired) electrons. The number of aromatic hydroxyl groups is 1. The Hall–Kier alpha value is -0.980. The van der Waals surface area contributed by atoms with Gasteiger partial charge in [0.25, 0.3) is 0 Å². The Bertz CT molecular complexity index is 343. The van der Waals surface area contributed by atoms with Gasteiger partial charge in [0.05, 0.1) is 0 Å². The van der Waals surface area contributed by atoms with Crippen LogP contribution >= 0.6 is 0 Å². The van der Waals surface area contributed by atoms with Gasteiger partial charge >= 0.3 is 0 Å². The molecule has 1 aromatic rings. The fourth-order valence-corrected chi connectivity index (χ4v) is 2.75. The molecule has 0 spiro atoms. The minimum absolute atomic E-state index is 0.420. The van der Waals surface area contributed by atoms with Gasteiger partial charge in [-0.2, -0.15) is 0 Å². The van der Waals surface area contributed by atoms with E-state index in [0.29, 0.717) is 5.75 Å². The van der Waals surface area contributed by atoms with Crippen LogP contribution in [0.25, 0.3) is 0 Å². The average molecular weight is 218 g/mol. The zero-order valence-electron chi connectivity index (χ0n) is 10.2. The van der Waals surface area contributed by atoms with Crippen LogP contribution in [0.3, 0.4) is 0 Å². The third kappa shape index (κ3) is 2.78. The summed E-state index contributed by atoms with van der Waals surface area (Å²) in [5, 5.41) is 9.43. The number of phenolic OH excluding ortho intramolecular Hbond substituents is 1. The second kappa shape index (κ2) is 5.38. The minimum Gasteiger partial charge on any atom is -0.508 e. The van der Waals surface area contributed by atoms with Gasteiger partial charge in [-0.1, -0.05) is 38.7 Å². The van der Waals surface area contributed by atoms with Gasteiger partial charge in [-0.05, 0) is 48.4 Å². The highest BCUT2D eigenvalue weighted by Crippen LogP contribution is 2.30. The maximum Gasteiger partial charge on any atom is 0.115 e. The molecule has 16 heavy (non-hydrogen) atoms. The van der Waals surface area contributed by atoms with Gasteiger partial charge in [-0.3, -0.25) is 0 Å². The van der Waals surface area contributed by atoms with Crippen LogP contribution in [0.5, 0.6) is 5.75 Å². The summed E-state index contributed by atoms with van der Waals surface area (Å²) >= 11 is 0. The van der Waals surface area contributed by atoms with Crippen molar-refractivity contribution in [2.45, 2.75) is 51.9 Å². The van der Waals surface area contributed by atoms with Crippen molar-refractivity contribution in [2.75, 3.05) is 0 Å². The zero-order valence-corrected chi connectivity index (χ0v) is 10.2. The van der Waals surface area contributed by atoms with Crippen molar-refractivity contribution in [2.24, 2.45) is 5.92 Å². The first-order valence-electron chi connectivity index (χ1n) is 6.60. The Morgan fingerprint density at radius 1 is 1.25 bits per heavy atom. The van der Waals surface area contributed by atoms with Crippen LogP contribution < -0.4 is 0 Å². The van der Waals surface area contributed by atoms with E-state index in [4.69, 9.17) is 0 Å². The second-order valence-corrected chi connectivity index (χ2v) is 5.06. The molecule has 0 bridgehead atoms. The molecule has 1 N–H and O–H groups in total. The van der Waals surface area contributed by atoms with Crippen LogP contribution in [0.15, 0.2) is 18.2 Å². The van der Waals surface area contributed by atoms with E-state index in [1.165, 1.54) is 49.7 Å². The molecule has 2 rings (SSSR count). The third-order valence-electron chi connectivity index (χ3n) is 3.74. The van der Waals surface area contributed by atoms with Crippen molar-refractivity contribution < 1.29 is 5.11 Å². The Kier molecular flexibility index (Phi) is 3.87. The molecule has 1 nitrogen and oxygen atoms in total. The van der Waals surface area contributed by atoms with Crippen molar-refractivity contribution in [1.82, 2.24) is 0 Å². The second-order valence-electron chi connectivity index (χ2n) is 5.06. The van der Waals surface area contributed by atoms with Crippen molar-refractivity contribution in [3.8, 4) is 5.75 Å². The first-order chi connectivity index (χ1) is 7.79. The van der Waals surface area contributed by atoms with Crippen LogP contribution in [-0.4, -0.2) is 5.11 Å². The summed E-state index contributed by atoms with van der Waals surface area (Å²) < 4.78 is 0. The van der Waals surface area contributed by atoms with Gasteiger partial charge in [0.1, 0.15) is 5.75 Å². The maximum atomic E-state index is 9.43. The predicted molar refractivity (Wildman–Crippen MR) is 67.8 cm³/mol. The van der Waals surface area contributed by atoms with Gasteiger partial charge in [0, 0.05) is 0 Å². The van der Waals surface area contributed by atoms with Crippen LogP contribution in [0.4, 0.5) is 0 Å². The quantitative estimate of drug-likeness (QED) is 0.755. The molecule has 0 saturated carbocycles. The van der Waals surface area contributed by atoms with Crippen LogP contribution in [0, 0.1) is 5.92 Å². The summed E-state index contributed by atoms with van der Waals surface area (Å²) in [4.78, 5) is 0. The molecule has 1 aliphatic rings. The third-order valence-corrected chi connectivity index (χ3v) is 3.74. The first-order valence-corrected chi connectivity index (χ1v) is 6.60. The number of hydrogen-bond donors (Lipinski definition) is 1. The maximum absolute atomic E-state index is 9.43. The predicted octanol–water partition coefficient (Wildman–Crippen LogP) is 4.08. The van der Waals surface area contributed by atoms with Gasteiger partial charge in [-0.25, -0.2) is 0 Å². The summed E-state index contributed by atoms with van der Waals surface area (Å²) in [6, 6.07) is 5.88. The lowest BCUT2D eigenvalue weighted by Crippen LogP contribution is -2.14. The molecular weight excluding hydrogens is 196 g/mol. The van der Waals surface area contributed by atoms with E-state index < -0.39 is 0 Å². The van der Waals surface area contributed by atoms with E-state index in [-0.39, 0.29) is 0 Å². The summed E-state index contributed by atoms with van der Waals surface area (Å²) in [7, 11) is 0. The van der Waals surface area contributed by atoms with Crippen LogP contribution in [0.2, 0.25) is 0 Å². The average Bonchev–Trinajstić information content (AvgIpc) is 2.29. The normalized spacial score (nSPS) is 19.4. The Morgan fingerprint density at radius 2 is 2.12 bits per heavy atom. The zero-order chi connectivity index (χ0) is 11.4. The highest BCUT2D eigenvalue weighted by atomic mass is 16.3. The molecule has 0 aromatic heterocycles. The topological polar surface area (TPSA) is 20.2 Å². The summed E-state index contributed by atoms with van der Waals surface area (Å²) in [6.07, 6.45) is 9.14. The summed E-state index contributed by atoms with van der Waals surface area (Å²) in [6.45, 7) is 2.26. The number of rotatable bonds is 4. The van der Waals surface area contributed by atoms with Crippen molar-refractivity contribution in [3.63, 3.8) is 0 Å². The van der Waals surface area contributed by atoms with E-state index in [0.717, 1.165) is 12.3 Å². The lowest BCUT2D eigenvalue weighted by molar-refractivity contribution is 0.406. The summed E-state index contributed by atoms with van der Waals surface area (Å²) in [5.74, 6) is 1.30. The monoisotopic (exact) mass is 218 g/mol. The Balaban J connectivity index is 1.93. The van der Waals surface area contributed by atoms with Crippen LogP contribution in [0.1, 0.15) is 50.2 Å². The van der Waals surface area contributed by atoms with Crippen molar-refractivity contribution >= 4 is 0 Å². The number of benzene rings is 1. The molecule has 0 fully saturated rings. The molecule has 1 unspecified atom stereocenters. The molecule has 0 aliphatic heterocycles. The molecule has 0 amide bonds. The molecule has 88 valence electrons. The smallest absolute Gasteiger partial charge is 0.115 e. The fourth-order valence-electron chi connectivity index (χ4n) is 2.75. The SMILES string of the molecule is CCCCCC1CCc2cc(O)ccc2C1. The van der Waals surface area contributed by atoms with Crippen molar-refractivity contribution in [1.29, 1.82) is 0 Å². The highest BCUT2D eigenvalue weighted by Gasteiger charge is 2.18. The molecule has 0 heterocycles. The molecule has 1 heteroatoms. The molecular formula is C15H22O. The lowest BCUT2D eigenvalue weighted by atomic mass is 9.81. The molecule has 1 aromatic carbocycles. The van der Waals surface area contributed by atoms with E-state index in [1.807, 2.05) is 12.1 Å². The Labute approximate surface area is 98.5 Å². The standard InChI is InChI=1S/C15H22O/c1-2-3-4-5-12-6-7-14-11-15(16)9-8-13(14)10-12/h8-9,11-12,16H,2-7,10H2,1H3. The van der Waals surface area contributed by atoms with Crippen molar-refractivity contribution in [3.05, 3.63) is 29.3 Å². The molecule has 1 atom stereocenters. The number of aryl methyl sites for hydroxylation is 1. The number of unbranched alkanes of at least 4 members (excludes halogenated alkanes) is 2. The minimum atomic E-state index is 0.420. The fraction of sp³-hybridized carbons (Fsp3) is 0.600. The molecule has 0 saturated heterocycles. The van der Waals surface area contributed by atoms with E-state index in [1.54, 1.807) is 0 Å². The number of fused-ring (bicyclic) bond motifs is 1.